The summed E-state index contributed by atoms with van der Waals surface area (Å²) in [6.07, 6.45) is 4.78. The van der Waals surface area contributed by atoms with E-state index >= 15 is 0 Å². The standard InChI is InChI=1S/C13H23NO3/c1-13(16)6-3-8-14(9-7-13)11(10-4-5-10)12(15)17-2/h10-11,16H,3-9H2,1-2H3. The van der Waals surface area contributed by atoms with Gasteiger partial charge in [-0.1, -0.05) is 0 Å². The molecule has 1 saturated heterocycles. The summed E-state index contributed by atoms with van der Waals surface area (Å²) in [5.41, 5.74) is -0.570. The molecule has 0 bridgehead atoms. The predicted octanol–water partition coefficient (Wildman–Crippen LogP) is 1.17. The molecule has 2 aliphatic rings. The lowest BCUT2D eigenvalue weighted by Gasteiger charge is -2.29. The number of nitrogens with zero attached hydrogens (tertiary/aromatic N) is 1. The summed E-state index contributed by atoms with van der Waals surface area (Å²) in [6, 6.07) is -0.0751. The third-order valence-corrected chi connectivity index (χ3v) is 4.00. The lowest BCUT2D eigenvalue weighted by molar-refractivity contribution is -0.148. The molecule has 0 spiro atoms. The van der Waals surface area contributed by atoms with Crippen LogP contribution in [-0.4, -0.2) is 47.8 Å². The van der Waals surface area contributed by atoms with Crippen LogP contribution in [0.2, 0.25) is 0 Å². The largest absolute Gasteiger partial charge is 0.468 e. The summed E-state index contributed by atoms with van der Waals surface area (Å²) in [5.74, 6) is 0.375. The second kappa shape index (κ2) is 4.94. The van der Waals surface area contributed by atoms with Gasteiger partial charge in [-0.3, -0.25) is 9.69 Å². The lowest BCUT2D eigenvalue weighted by atomic mass is 9.98. The van der Waals surface area contributed by atoms with E-state index in [1.54, 1.807) is 0 Å². The first kappa shape index (κ1) is 12.8. The summed E-state index contributed by atoms with van der Waals surface area (Å²) >= 11 is 0. The van der Waals surface area contributed by atoms with Crippen molar-refractivity contribution in [3.05, 3.63) is 0 Å². The summed E-state index contributed by atoms with van der Waals surface area (Å²) in [4.78, 5) is 14.1. The van der Waals surface area contributed by atoms with Crippen LogP contribution < -0.4 is 0 Å². The fourth-order valence-corrected chi connectivity index (χ4v) is 2.73. The first-order chi connectivity index (χ1) is 8.03. The Morgan fingerprint density at radius 3 is 2.71 bits per heavy atom. The Kier molecular flexibility index (Phi) is 3.73. The molecular formula is C13H23NO3. The summed E-state index contributed by atoms with van der Waals surface area (Å²) in [7, 11) is 1.46. The van der Waals surface area contributed by atoms with Crippen LogP contribution in [0.5, 0.6) is 0 Å². The van der Waals surface area contributed by atoms with Crippen LogP contribution in [0, 0.1) is 5.92 Å². The van der Waals surface area contributed by atoms with Gasteiger partial charge in [0, 0.05) is 6.54 Å². The Morgan fingerprint density at radius 2 is 2.12 bits per heavy atom. The maximum Gasteiger partial charge on any atom is 0.323 e. The van der Waals surface area contributed by atoms with Crippen LogP contribution >= 0.6 is 0 Å². The molecule has 2 fully saturated rings. The van der Waals surface area contributed by atoms with Gasteiger partial charge in [0.25, 0.3) is 0 Å². The average molecular weight is 241 g/mol. The summed E-state index contributed by atoms with van der Waals surface area (Å²) in [6.45, 7) is 3.58. The number of methoxy groups -OCH3 is 1. The van der Waals surface area contributed by atoms with Crippen molar-refractivity contribution in [3.8, 4) is 0 Å². The summed E-state index contributed by atoms with van der Waals surface area (Å²) < 4.78 is 4.92. The Morgan fingerprint density at radius 1 is 1.41 bits per heavy atom. The van der Waals surface area contributed by atoms with Crippen LogP contribution in [0.15, 0.2) is 0 Å². The number of esters is 1. The van der Waals surface area contributed by atoms with E-state index in [0.29, 0.717) is 5.92 Å². The third-order valence-electron chi connectivity index (χ3n) is 4.00. The molecule has 4 heteroatoms. The molecule has 2 atom stereocenters. The smallest absolute Gasteiger partial charge is 0.323 e. The first-order valence-electron chi connectivity index (χ1n) is 6.58. The molecule has 0 radical (unpaired) electrons. The highest BCUT2D eigenvalue weighted by Gasteiger charge is 2.42. The van der Waals surface area contributed by atoms with Crippen LogP contribution in [0.25, 0.3) is 0 Å². The molecular weight excluding hydrogens is 218 g/mol. The second-order valence-corrected chi connectivity index (χ2v) is 5.69. The molecule has 1 N–H and O–H groups in total. The van der Waals surface area contributed by atoms with E-state index in [2.05, 4.69) is 4.90 Å². The molecule has 4 nitrogen and oxygen atoms in total. The number of hydrogen-bond donors (Lipinski definition) is 1. The van der Waals surface area contributed by atoms with Crippen molar-refractivity contribution in [2.75, 3.05) is 20.2 Å². The fraction of sp³-hybridized carbons (Fsp3) is 0.923. The van der Waals surface area contributed by atoms with Gasteiger partial charge >= 0.3 is 5.97 Å². The molecule has 0 amide bonds. The average Bonchev–Trinajstić information content (AvgIpc) is 3.09. The molecule has 0 aromatic carbocycles. The fourth-order valence-electron chi connectivity index (χ4n) is 2.73. The number of carbonyl (C=O) groups is 1. The van der Waals surface area contributed by atoms with E-state index in [1.165, 1.54) is 7.11 Å². The molecule has 2 rings (SSSR count). The van der Waals surface area contributed by atoms with Crippen molar-refractivity contribution in [2.24, 2.45) is 5.92 Å². The van der Waals surface area contributed by atoms with Gasteiger partial charge < -0.3 is 9.84 Å². The molecule has 98 valence electrons. The Balaban J connectivity index is 2.01. The van der Waals surface area contributed by atoms with E-state index in [9.17, 15) is 9.90 Å². The number of ether oxygens (including phenoxy) is 1. The van der Waals surface area contributed by atoms with Gasteiger partial charge in [0.1, 0.15) is 6.04 Å². The maximum absolute atomic E-state index is 11.8. The number of rotatable bonds is 3. The topological polar surface area (TPSA) is 49.8 Å². The number of hydrogen-bond acceptors (Lipinski definition) is 4. The number of aliphatic hydroxyl groups is 1. The van der Waals surface area contributed by atoms with Gasteiger partial charge in [-0.2, -0.15) is 0 Å². The number of likely N-dealkylation sites (tertiary alicyclic amines) is 1. The predicted molar refractivity (Wildman–Crippen MR) is 64.6 cm³/mol. The van der Waals surface area contributed by atoms with E-state index in [0.717, 1.165) is 45.2 Å². The monoisotopic (exact) mass is 241 g/mol. The minimum atomic E-state index is -0.570. The van der Waals surface area contributed by atoms with Crippen LogP contribution in [-0.2, 0) is 9.53 Å². The zero-order chi connectivity index (χ0) is 12.5. The van der Waals surface area contributed by atoms with Crippen molar-refractivity contribution >= 4 is 5.97 Å². The lowest BCUT2D eigenvalue weighted by Crippen LogP contribution is -2.44. The Hall–Kier alpha value is -0.610. The molecule has 1 aliphatic carbocycles. The minimum absolute atomic E-state index is 0.0751. The molecule has 0 aromatic rings. The van der Waals surface area contributed by atoms with Crippen molar-refractivity contribution in [1.82, 2.24) is 4.90 Å². The van der Waals surface area contributed by atoms with E-state index in [4.69, 9.17) is 4.74 Å². The SMILES string of the molecule is COC(=O)C(C1CC1)N1CCCC(C)(O)CC1. The van der Waals surface area contributed by atoms with Gasteiger partial charge in [-0.25, -0.2) is 0 Å². The Labute approximate surface area is 103 Å². The van der Waals surface area contributed by atoms with Gasteiger partial charge in [-0.05, 0) is 51.5 Å². The van der Waals surface area contributed by atoms with Crippen molar-refractivity contribution in [2.45, 2.75) is 50.7 Å². The normalized spacial score (nSPS) is 32.9. The van der Waals surface area contributed by atoms with Crippen molar-refractivity contribution < 1.29 is 14.6 Å². The number of carbonyl (C=O) groups excluding carboxylic acids is 1. The molecule has 0 aromatic heterocycles. The van der Waals surface area contributed by atoms with Gasteiger partial charge in [0.2, 0.25) is 0 Å². The van der Waals surface area contributed by atoms with Gasteiger partial charge in [-0.15, -0.1) is 0 Å². The quantitative estimate of drug-likeness (QED) is 0.754. The van der Waals surface area contributed by atoms with E-state index in [1.807, 2.05) is 6.92 Å². The van der Waals surface area contributed by atoms with Crippen molar-refractivity contribution in [3.63, 3.8) is 0 Å². The highest BCUT2D eigenvalue weighted by Crippen LogP contribution is 2.37. The zero-order valence-electron chi connectivity index (χ0n) is 10.8. The summed E-state index contributed by atoms with van der Waals surface area (Å²) in [5, 5.41) is 10.1. The molecule has 17 heavy (non-hydrogen) atoms. The molecule has 1 heterocycles. The zero-order valence-corrected chi connectivity index (χ0v) is 10.8. The highest BCUT2D eigenvalue weighted by molar-refractivity contribution is 5.76. The molecule has 1 aliphatic heterocycles. The van der Waals surface area contributed by atoms with Crippen LogP contribution in [0.4, 0.5) is 0 Å². The van der Waals surface area contributed by atoms with Gasteiger partial charge in [0.05, 0.1) is 12.7 Å². The van der Waals surface area contributed by atoms with Crippen LogP contribution in [0.3, 0.4) is 0 Å². The third kappa shape index (κ3) is 3.19. The Bertz CT molecular complexity index is 286. The van der Waals surface area contributed by atoms with E-state index < -0.39 is 5.60 Å². The van der Waals surface area contributed by atoms with Crippen LogP contribution in [0.1, 0.15) is 39.0 Å². The van der Waals surface area contributed by atoms with Crippen molar-refractivity contribution in [1.29, 1.82) is 0 Å². The van der Waals surface area contributed by atoms with E-state index in [-0.39, 0.29) is 12.0 Å². The first-order valence-corrected chi connectivity index (χ1v) is 6.58. The molecule has 2 unspecified atom stereocenters. The molecule has 1 saturated carbocycles. The van der Waals surface area contributed by atoms with Gasteiger partial charge in [0.15, 0.2) is 0 Å². The second-order valence-electron chi connectivity index (χ2n) is 5.69. The maximum atomic E-state index is 11.8. The highest BCUT2D eigenvalue weighted by atomic mass is 16.5. The minimum Gasteiger partial charge on any atom is -0.468 e.